The van der Waals surface area contributed by atoms with Crippen LogP contribution in [0.4, 0.5) is 24.5 Å². The van der Waals surface area contributed by atoms with Gasteiger partial charge in [-0.1, -0.05) is 15.9 Å². The predicted octanol–water partition coefficient (Wildman–Crippen LogP) is 5.37. The highest BCUT2D eigenvalue weighted by molar-refractivity contribution is 9.10. The molecule has 0 radical (unpaired) electrons. The van der Waals surface area contributed by atoms with Crippen molar-refractivity contribution in [1.82, 2.24) is 4.98 Å². The Morgan fingerprint density at radius 1 is 1.00 bits per heavy atom. The Balaban J connectivity index is 2.32. The molecule has 0 aliphatic carbocycles. The van der Waals surface area contributed by atoms with Crippen LogP contribution < -0.4 is 5.32 Å². The molecule has 0 fully saturated rings. The zero-order valence-corrected chi connectivity index (χ0v) is 12.5. The monoisotopic (exact) mass is 394 g/mol. The van der Waals surface area contributed by atoms with Crippen molar-refractivity contribution in [3.63, 3.8) is 0 Å². The van der Waals surface area contributed by atoms with Gasteiger partial charge in [0.2, 0.25) is 0 Å². The number of hydrogen-bond donors (Lipinski definition) is 1. The number of aromatic nitrogens is 1. The molecule has 0 bridgehead atoms. The van der Waals surface area contributed by atoms with Gasteiger partial charge < -0.3 is 5.32 Å². The van der Waals surface area contributed by atoms with Gasteiger partial charge in [-0.3, -0.25) is 4.98 Å². The van der Waals surface area contributed by atoms with E-state index in [4.69, 9.17) is 0 Å². The molecule has 0 spiro atoms. The molecule has 0 unspecified atom stereocenters. The Labute approximate surface area is 124 Å². The molecule has 2 nitrogen and oxygen atoms in total. The first-order valence-corrected chi connectivity index (χ1v) is 6.69. The zero-order valence-electron chi connectivity index (χ0n) is 9.30. The summed E-state index contributed by atoms with van der Waals surface area (Å²) in [7, 11) is 0. The lowest BCUT2D eigenvalue weighted by Crippen LogP contribution is -2.06. The molecule has 7 heteroatoms. The van der Waals surface area contributed by atoms with E-state index in [1.807, 2.05) is 0 Å². The van der Waals surface area contributed by atoms with Crippen molar-refractivity contribution in [1.29, 1.82) is 0 Å². The van der Waals surface area contributed by atoms with Crippen LogP contribution >= 0.6 is 31.9 Å². The molecule has 1 aromatic heterocycles. The standard InChI is InChI=1S/C12H7Br2F3N2/c13-7-3-9(6-18-5-7)19-8-1-2-11(14)10(4-8)12(15,16)17/h1-6,19H. The molecule has 19 heavy (non-hydrogen) atoms. The predicted molar refractivity (Wildman–Crippen MR) is 74.4 cm³/mol. The third-order valence-electron chi connectivity index (χ3n) is 2.27. The van der Waals surface area contributed by atoms with E-state index in [2.05, 4.69) is 42.2 Å². The minimum absolute atomic E-state index is 0.0120. The average Bonchev–Trinajstić information content (AvgIpc) is 2.30. The molecular weight excluding hydrogens is 389 g/mol. The molecule has 1 heterocycles. The molecule has 2 aromatic rings. The minimum Gasteiger partial charge on any atom is -0.354 e. The maximum Gasteiger partial charge on any atom is 0.417 e. The van der Waals surface area contributed by atoms with E-state index in [0.717, 1.165) is 10.5 Å². The fourth-order valence-corrected chi connectivity index (χ4v) is 2.30. The summed E-state index contributed by atoms with van der Waals surface area (Å²) < 4.78 is 39.0. The Morgan fingerprint density at radius 2 is 1.74 bits per heavy atom. The number of halogens is 5. The highest BCUT2D eigenvalue weighted by Crippen LogP contribution is 2.36. The van der Waals surface area contributed by atoms with Crippen molar-refractivity contribution in [2.45, 2.75) is 6.18 Å². The average molecular weight is 396 g/mol. The Bertz CT molecular complexity index is 600. The van der Waals surface area contributed by atoms with E-state index in [1.54, 1.807) is 18.3 Å². The van der Waals surface area contributed by atoms with Crippen LogP contribution in [0.2, 0.25) is 0 Å². The van der Waals surface area contributed by atoms with Crippen LogP contribution in [0.15, 0.2) is 45.6 Å². The van der Waals surface area contributed by atoms with Crippen LogP contribution in [0.1, 0.15) is 5.56 Å². The third kappa shape index (κ3) is 3.70. The van der Waals surface area contributed by atoms with Gasteiger partial charge in [0.15, 0.2) is 0 Å². The van der Waals surface area contributed by atoms with E-state index in [9.17, 15) is 13.2 Å². The summed E-state index contributed by atoms with van der Waals surface area (Å²) in [5, 5.41) is 2.87. The first-order chi connectivity index (χ1) is 8.86. The van der Waals surface area contributed by atoms with Crippen molar-refractivity contribution in [3.8, 4) is 0 Å². The molecule has 0 saturated heterocycles. The molecule has 0 aliphatic rings. The topological polar surface area (TPSA) is 24.9 Å². The number of benzene rings is 1. The van der Waals surface area contributed by atoms with Crippen LogP contribution in [0, 0.1) is 0 Å². The SMILES string of the molecule is FC(F)(F)c1cc(Nc2cncc(Br)c2)ccc1Br. The van der Waals surface area contributed by atoms with Crippen LogP contribution in [-0.4, -0.2) is 4.98 Å². The largest absolute Gasteiger partial charge is 0.417 e. The molecule has 1 aromatic carbocycles. The van der Waals surface area contributed by atoms with Crippen LogP contribution in [-0.2, 0) is 6.18 Å². The van der Waals surface area contributed by atoms with E-state index in [1.165, 1.54) is 12.3 Å². The number of nitrogens with zero attached hydrogens (tertiary/aromatic N) is 1. The van der Waals surface area contributed by atoms with Crippen molar-refractivity contribution in [2.24, 2.45) is 0 Å². The van der Waals surface area contributed by atoms with Gasteiger partial charge in [0.1, 0.15) is 0 Å². The first-order valence-electron chi connectivity index (χ1n) is 5.10. The van der Waals surface area contributed by atoms with Crippen molar-refractivity contribution in [2.75, 3.05) is 5.32 Å². The van der Waals surface area contributed by atoms with Crippen LogP contribution in [0.3, 0.4) is 0 Å². The van der Waals surface area contributed by atoms with Crippen LogP contribution in [0.5, 0.6) is 0 Å². The summed E-state index contributed by atoms with van der Waals surface area (Å²) in [4.78, 5) is 3.93. The molecule has 1 N–H and O–H groups in total. The van der Waals surface area contributed by atoms with Gasteiger partial charge in [-0.25, -0.2) is 0 Å². The Hall–Kier alpha value is -1.08. The molecule has 2 rings (SSSR count). The molecule has 0 amide bonds. The van der Waals surface area contributed by atoms with E-state index < -0.39 is 11.7 Å². The molecular formula is C12H7Br2F3N2. The summed E-state index contributed by atoms with van der Waals surface area (Å²) in [6.07, 6.45) is -1.28. The number of rotatable bonds is 2. The van der Waals surface area contributed by atoms with Crippen molar-refractivity contribution < 1.29 is 13.2 Å². The van der Waals surface area contributed by atoms with E-state index >= 15 is 0 Å². The fourth-order valence-electron chi connectivity index (χ4n) is 1.47. The summed E-state index contributed by atoms with van der Waals surface area (Å²) in [5.74, 6) is 0. The minimum atomic E-state index is -4.40. The fraction of sp³-hybridized carbons (Fsp3) is 0.0833. The number of alkyl halides is 3. The maximum atomic E-state index is 12.8. The number of pyridine rings is 1. The highest BCUT2D eigenvalue weighted by atomic mass is 79.9. The van der Waals surface area contributed by atoms with Gasteiger partial charge >= 0.3 is 6.18 Å². The summed E-state index contributed by atoms with van der Waals surface area (Å²) in [6.45, 7) is 0. The molecule has 0 aliphatic heterocycles. The lowest BCUT2D eigenvalue weighted by Gasteiger charge is -2.12. The second kappa shape index (κ2) is 5.50. The Morgan fingerprint density at radius 3 is 2.37 bits per heavy atom. The quantitative estimate of drug-likeness (QED) is 0.739. The van der Waals surface area contributed by atoms with Gasteiger partial charge in [-0.05, 0) is 40.2 Å². The highest BCUT2D eigenvalue weighted by Gasteiger charge is 2.33. The zero-order chi connectivity index (χ0) is 14.0. The lowest BCUT2D eigenvalue weighted by atomic mass is 10.2. The van der Waals surface area contributed by atoms with Crippen molar-refractivity contribution in [3.05, 3.63) is 51.2 Å². The van der Waals surface area contributed by atoms with Gasteiger partial charge in [-0.2, -0.15) is 13.2 Å². The second-order valence-corrected chi connectivity index (χ2v) is 5.48. The van der Waals surface area contributed by atoms with Crippen molar-refractivity contribution >= 4 is 43.2 Å². The normalized spacial score (nSPS) is 11.4. The number of nitrogens with one attached hydrogen (secondary N) is 1. The smallest absolute Gasteiger partial charge is 0.354 e. The Kier molecular flexibility index (Phi) is 4.15. The molecule has 0 saturated carbocycles. The summed E-state index contributed by atoms with van der Waals surface area (Å²) in [6, 6.07) is 5.68. The number of hydrogen-bond acceptors (Lipinski definition) is 2. The second-order valence-electron chi connectivity index (χ2n) is 3.71. The first kappa shape index (κ1) is 14.3. The summed E-state index contributed by atoms with van der Waals surface area (Å²) >= 11 is 6.14. The lowest BCUT2D eigenvalue weighted by molar-refractivity contribution is -0.138. The van der Waals surface area contributed by atoms with Gasteiger partial charge in [0.25, 0.3) is 0 Å². The third-order valence-corrected chi connectivity index (χ3v) is 3.39. The number of anilines is 2. The maximum absolute atomic E-state index is 12.8. The van der Waals surface area contributed by atoms with Crippen LogP contribution in [0.25, 0.3) is 0 Å². The molecule has 0 atom stereocenters. The van der Waals surface area contributed by atoms with Gasteiger partial charge in [0, 0.05) is 20.8 Å². The van der Waals surface area contributed by atoms with Gasteiger partial charge in [-0.15, -0.1) is 0 Å². The molecule has 100 valence electrons. The van der Waals surface area contributed by atoms with Gasteiger partial charge in [0.05, 0.1) is 17.4 Å². The van der Waals surface area contributed by atoms with E-state index in [0.29, 0.717) is 11.4 Å². The summed E-state index contributed by atoms with van der Waals surface area (Å²) in [5.41, 5.74) is 0.223. The van der Waals surface area contributed by atoms with E-state index in [-0.39, 0.29) is 4.47 Å².